The molecule has 0 N–H and O–H groups in total. The minimum Gasteiger partial charge on any atom is -0.457 e. The van der Waals surface area contributed by atoms with Crippen molar-refractivity contribution in [1.82, 2.24) is 0 Å². The van der Waals surface area contributed by atoms with Crippen LogP contribution in [0.15, 0.2) is 71.6 Å². The molecule has 3 aromatic rings. The first kappa shape index (κ1) is 20.7. The standard InChI is InChI=1S/C22H17Cl2NO4S/c23-19-8-4-9-20(24)18(19)14-29-22(26)16-6-3-7-17(13-16)30(27,28)25-12-11-15-5-1-2-10-21(15)25/h1-10,13H,11-12,14H2. The number of nitrogens with zero attached hydrogens (tertiary/aromatic N) is 1. The smallest absolute Gasteiger partial charge is 0.338 e. The van der Waals surface area contributed by atoms with Gasteiger partial charge in [-0.15, -0.1) is 0 Å². The van der Waals surface area contributed by atoms with E-state index in [-0.39, 0.29) is 17.1 Å². The molecule has 0 fully saturated rings. The summed E-state index contributed by atoms with van der Waals surface area (Å²) in [7, 11) is -3.81. The number of rotatable bonds is 5. The van der Waals surface area contributed by atoms with Crippen molar-refractivity contribution in [1.29, 1.82) is 0 Å². The largest absolute Gasteiger partial charge is 0.457 e. The van der Waals surface area contributed by atoms with Crippen LogP contribution in [0.1, 0.15) is 21.5 Å². The zero-order valence-electron chi connectivity index (χ0n) is 15.7. The normalized spacial score (nSPS) is 13.2. The Morgan fingerprint density at radius 3 is 2.43 bits per heavy atom. The van der Waals surface area contributed by atoms with E-state index in [2.05, 4.69) is 0 Å². The number of ether oxygens (including phenoxy) is 1. The van der Waals surface area contributed by atoms with Gasteiger partial charge >= 0.3 is 5.97 Å². The summed E-state index contributed by atoms with van der Waals surface area (Å²) < 4.78 is 33.0. The van der Waals surface area contributed by atoms with Crippen LogP contribution in [0.25, 0.3) is 0 Å². The predicted octanol–water partition coefficient (Wildman–Crippen LogP) is 5.10. The van der Waals surface area contributed by atoms with E-state index in [4.69, 9.17) is 27.9 Å². The first-order valence-electron chi connectivity index (χ1n) is 9.18. The molecule has 5 nitrogen and oxygen atoms in total. The van der Waals surface area contributed by atoms with Gasteiger partial charge in [-0.05, 0) is 48.4 Å². The Hall–Kier alpha value is -2.54. The first-order chi connectivity index (χ1) is 14.4. The van der Waals surface area contributed by atoms with Crippen LogP contribution in [0.2, 0.25) is 10.0 Å². The van der Waals surface area contributed by atoms with Gasteiger partial charge < -0.3 is 4.74 Å². The van der Waals surface area contributed by atoms with Crippen LogP contribution < -0.4 is 4.31 Å². The third-order valence-corrected chi connectivity index (χ3v) is 7.43. The van der Waals surface area contributed by atoms with E-state index < -0.39 is 16.0 Å². The molecule has 8 heteroatoms. The van der Waals surface area contributed by atoms with Gasteiger partial charge in [0.15, 0.2) is 0 Å². The van der Waals surface area contributed by atoms with Crippen LogP contribution in [0.5, 0.6) is 0 Å². The molecule has 0 aromatic heterocycles. The van der Waals surface area contributed by atoms with Crippen LogP contribution in [-0.2, 0) is 27.8 Å². The Balaban J connectivity index is 1.56. The molecule has 0 amide bonds. The van der Waals surface area contributed by atoms with Crippen molar-refractivity contribution in [3.63, 3.8) is 0 Å². The van der Waals surface area contributed by atoms with Crippen molar-refractivity contribution in [3.8, 4) is 0 Å². The minimum atomic E-state index is -3.81. The maximum atomic E-state index is 13.2. The lowest BCUT2D eigenvalue weighted by Gasteiger charge is -2.19. The highest BCUT2D eigenvalue weighted by Gasteiger charge is 2.31. The molecule has 1 aliphatic heterocycles. The van der Waals surface area contributed by atoms with Gasteiger partial charge in [-0.1, -0.05) is 53.5 Å². The molecular weight excluding hydrogens is 445 g/mol. The van der Waals surface area contributed by atoms with Crippen molar-refractivity contribution in [2.24, 2.45) is 0 Å². The number of halogens is 2. The van der Waals surface area contributed by atoms with Crippen molar-refractivity contribution in [2.75, 3.05) is 10.8 Å². The molecule has 0 bridgehead atoms. The van der Waals surface area contributed by atoms with Gasteiger partial charge in [-0.2, -0.15) is 0 Å². The van der Waals surface area contributed by atoms with Gasteiger partial charge in [0.25, 0.3) is 10.0 Å². The Morgan fingerprint density at radius 1 is 0.967 bits per heavy atom. The molecule has 0 unspecified atom stereocenters. The molecule has 0 spiro atoms. The Labute approximate surface area is 184 Å². The molecule has 1 aliphatic rings. The van der Waals surface area contributed by atoms with Crippen molar-refractivity contribution >= 4 is 44.9 Å². The number of fused-ring (bicyclic) bond motifs is 1. The summed E-state index contributed by atoms with van der Waals surface area (Å²) in [6.07, 6.45) is 0.649. The maximum absolute atomic E-state index is 13.2. The van der Waals surface area contributed by atoms with E-state index in [0.29, 0.717) is 34.3 Å². The molecule has 0 saturated heterocycles. The SMILES string of the molecule is O=C(OCc1c(Cl)cccc1Cl)c1cccc(S(=O)(=O)N2CCc3ccccc32)c1. The highest BCUT2D eigenvalue weighted by atomic mass is 35.5. The lowest BCUT2D eigenvalue weighted by Crippen LogP contribution is -2.29. The number of esters is 1. The number of benzene rings is 3. The predicted molar refractivity (Wildman–Crippen MR) is 117 cm³/mol. The fraction of sp³-hybridized carbons (Fsp3) is 0.136. The molecule has 0 radical (unpaired) electrons. The fourth-order valence-corrected chi connectivity index (χ4v) is 5.42. The Bertz CT molecular complexity index is 1210. The molecule has 154 valence electrons. The molecule has 4 rings (SSSR count). The highest BCUT2D eigenvalue weighted by molar-refractivity contribution is 7.92. The highest BCUT2D eigenvalue weighted by Crippen LogP contribution is 2.33. The van der Waals surface area contributed by atoms with E-state index in [1.54, 1.807) is 30.3 Å². The number of anilines is 1. The third-order valence-electron chi connectivity index (χ3n) is 4.91. The third kappa shape index (κ3) is 3.90. The fourth-order valence-electron chi connectivity index (χ4n) is 3.36. The van der Waals surface area contributed by atoms with Gasteiger partial charge in [0, 0.05) is 22.2 Å². The Kier molecular flexibility index (Phi) is 5.73. The number of hydrogen-bond donors (Lipinski definition) is 0. The lowest BCUT2D eigenvalue weighted by atomic mass is 10.2. The van der Waals surface area contributed by atoms with E-state index >= 15 is 0 Å². The van der Waals surface area contributed by atoms with Gasteiger partial charge in [-0.3, -0.25) is 4.31 Å². The zero-order chi connectivity index (χ0) is 21.3. The number of hydrogen-bond acceptors (Lipinski definition) is 4. The van der Waals surface area contributed by atoms with Crippen molar-refractivity contribution in [3.05, 3.63) is 93.5 Å². The van der Waals surface area contributed by atoms with Gasteiger partial charge in [-0.25, -0.2) is 13.2 Å². The van der Waals surface area contributed by atoms with Gasteiger partial charge in [0.2, 0.25) is 0 Å². The van der Waals surface area contributed by atoms with Gasteiger partial charge in [0.05, 0.1) is 16.1 Å². The second-order valence-electron chi connectivity index (χ2n) is 6.76. The molecule has 1 heterocycles. The average Bonchev–Trinajstić information content (AvgIpc) is 3.18. The zero-order valence-corrected chi connectivity index (χ0v) is 18.0. The summed E-state index contributed by atoms with van der Waals surface area (Å²) in [5.74, 6) is -0.662. The summed E-state index contributed by atoms with van der Waals surface area (Å²) in [6, 6.07) is 18.2. The molecule has 0 aliphatic carbocycles. The second-order valence-corrected chi connectivity index (χ2v) is 9.44. The lowest BCUT2D eigenvalue weighted by molar-refractivity contribution is 0.0472. The van der Waals surface area contributed by atoms with Crippen molar-refractivity contribution in [2.45, 2.75) is 17.9 Å². The summed E-state index contributed by atoms with van der Waals surface area (Å²) in [5.41, 5.74) is 2.27. The maximum Gasteiger partial charge on any atom is 0.338 e. The molecule has 3 aromatic carbocycles. The number of sulfonamides is 1. The van der Waals surface area contributed by atoms with E-state index in [1.165, 1.54) is 28.6 Å². The average molecular weight is 462 g/mol. The van der Waals surface area contributed by atoms with Crippen LogP contribution in [0.3, 0.4) is 0 Å². The Morgan fingerprint density at radius 2 is 1.67 bits per heavy atom. The van der Waals surface area contributed by atoms with Crippen molar-refractivity contribution < 1.29 is 17.9 Å². The molecule has 30 heavy (non-hydrogen) atoms. The topological polar surface area (TPSA) is 63.7 Å². The van der Waals surface area contributed by atoms with E-state index in [1.807, 2.05) is 12.1 Å². The molecular formula is C22H17Cl2NO4S. The monoisotopic (exact) mass is 461 g/mol. The summed E-state index contributed by atoms with van der Waals surface area (Å²) >= 11 is 12.2. The van der Waals surface area contributed by atoms with Crippen LogP contribution >= 0.6 is 23.2 Å². The van der Waals surface area contributed by atoms with E-state index in [0.717, 1.165) is 5.56 Å². The van der Waals surface area contributed by atoms with E-state index in [9.17, 15) is 13.2 Å². The second kappa shape index (κ2) is 8.30. The molecule has 0 saturated carbocycles. The summed E-state index contributed by atoms with van der Waals surface area (Å²) in [5, 5.41) is 0.777. The summed E-state index contributed by atoms with van der Waals surface area (Å²) in [6.45, 7) is 0.245. The first-order valence-corrected chi connectivity index (χ1v) is 11.4. The summed E-state index contributed by atoms with van der Waals surface area (Å²) in [4.78, 5) is 12.6. The van der Waals surface area contributed by atoms with Gasteiger partial charge in [0.1, 0.15) is 6.61 Å². The van der Waals surface area contributed by atoms with Crippen LogP contribution in [0, 0.1) is 0 Å². The number of carbonyl (C=O) groups is 1. The number of para-hydroxylation sites is 1. The minimum absolute atomic E-state index is 0.0319. The van der Waals surface area contributed by atoms with Crippen LogP contribution in [0.4, 0.5) is 5.69 Å². The molecule has 0 atom stereocenters. The number of carbonyl (C=O) groups excluding carboxylic acids is 1. The van der Waals surface area contributed by atoms with Crippen LogP contribution in [-0.4, -0.2) is 20.9 Å². The quantitative estimate of drug-likeness (QED) is 0.495.